The number of nitrogens with zero attached hydrogens (tertiary/aromatic N) is 3. The second kappa shape index (κ2) is 8.09. The molecule has 0 aromatic carbocycles. The lowest BCUT2D eigenvalue weighted by molar-refractivity contribution is 0.812. The second-order valence-corrected chi connectivity index (χ2v) is 6.62. The fourth-order valence-electron chi connectivity index (χ4n) is 1.72. The molecule has 0 saturated heterocycles. The predicted molar refractivity (Wildman–Crippen MR) is 90.0 cm³/mol. The summed E-state index contributed by atoms with van der Waals surface area (Å²) < 4.78 is 0. The predicted octanol–water partition coefficient (Wildman–Crippen LogP) is 2.73. The van der Waals surface area contributed by atoms with Gasteiger partial charge in [0.1, 0.15) is 5.01 Å². The van der Waals surface area contributed by atoms with Crippen LogP contribution in [0.4, 0.5) is 0 Å². The third-order valence-electron chi connectivity index (χ3n) is 2.93. The molecule has 2 aromatic heterocycles. The molecule has 0 radical (unpaired) electrons. The van der Waals surface area contributed by atoms with Crippen LogP contribution in [0.1, 0.15) is 34.3 Å². The molecule has 0 atom stereocenters. The van der Waals surface area contributed by atoms with Crippen LogP contribution in [0.25, 0.3) is 0 Å². The molecular weight excluding hydrogens is 302 g/mol. The average Bonchev–Trinajstić information content (AvgIpc) is 3.11. The number of hydrogen-bond acceptors (Lipinski definition) is 5. The molecule has 2 aromatic rings. The highest BCUT2D eigenvalue weighted by atomic mass is 32.1. The van der Waals surface area contributed by atoms with Gasteiger partial charge in [0, 0.05) is 22.5 Å². The van der Waals surface area contributed by atoms with Crippen molar-refractivity contribution < 1.29 is 0 Å². The van der Waals surface area contributed by atoms with Gasteiger partial charge in [-0.2, -0.15) is 0 Å². The number of aryl methyl sites for hydroxylation is 2. The van der Waals surface area contributed by atoms with E-state index in [4.69, 9.17) is 0 Å². The van der Waals surface area contributed by atoms with E-state index >= 15 is 0 Å². The largest absolute Gasteiger partial charge is 0.357 e. The van der Waals surface area contributed by atoms with E-state index in [1.807, 2.05) is 18.6 Å². The Labute approximate surface area is 133 Å². The Morgan fingerprint density at radius 1 is 1.29 bits per heavy atom. The van der Waals surface area contributed by atoms with Gasteiger partial charge in [0.2, 0.25) is 0 Å². The molecule has 2 rings (SSSR count). The highest BCUT2D eigenvalue weighted by molar-refractivity contribution is 7.11. The second-order valence-electron chi connectivity index (χ2n) is 4.48. The monoisotopic (exact) mass is 323 g/mol. The molecule has 0 bridgehead atoms. The minimum atomic E-state index is 0.657. The third-order valence-corrected chi connectivity index (χ3v) is 4.99. The first kappa shape index (κ1) is 15.9. The van der Waals surface area contributed by atoms with E-state index in [1.54, 1.807) is 22.7 Å². The Kier molecular flexibility index (Phi) is 6.13. The zero-order valence-electron chi connectivity index (χ0n) is 12.6. The van der Waals surface area contributed by atoms with Crippen molar-refractivity contribution in [3.63, 3.8) is 0 Å². The van der Waals surface area contributed by atoms with E-state index in [0.29, 0.717) is 13.1 Å². The standard InChI is InChI=1S/C14H21N5S2/c1-4-11-6-16-13(21-11)8-18-14(15-5-2)17-7-12-10(3)19-9-20-12/h6,9H,4-5,7-8H2,1-3H3,(H2,15,17,18). The van der Waals surface area contributed by atoms with Crippen LogP contribution in [0.2, 0.25) is 0 Å². The summed E-state index contributed by atoms with van der Waals surface area (Å²) >= 11 is 3.39. The maximum absolute atomic E-state index is 4.60. The molecule has 0 saturated carbocycles. The van der Waals surface area contributed by atoms with Crippen molar-refractivity contribution in [3.05, 3.63) is 32.2 Å². The van der Waals surface area contributed by atoms with Crippen LogP contribution in [-0.4, -0.2) is 22.5 Å². The van der Waals surface area contributed by atoms with Crippen molar-refractivity contribution in [3.8, 4) is 0 Å². The van der Waals surface area contributed by atoms with Gasteiger partial charge in [-0.1, -0.05) is 6.92 Å². The number of guanidine groups is 1. The number of aromatic nitrogens is 2. The summed E-state index contributed by atoms with van der Waals surface area (Å²) in [6.45, 7) is 8.43. The van der Waals surface area contributed by atoms with E-state index < -0.39 is 0 Å². The highest BCUT2D eigenvalue weighted by Gasteiger charge is 2.04. The van der Waals surface area contributed by atoms with Crippen LogP contribution >= 0.6 is 22.7 Å². The van der Waals surface area contributed by atoms with Gasteiger partial charge >= 0.3 is 0 Å². The molecule has 2 heterocycles. The summed E-state index contributed by atoms with van der Waals surface area (Å²) in [7, 11) is 0. The number of thiazole rings is 2. The lowest BCUT2D eigenvalue weighted by atomic mass is 10.4. The summed E-state index contributed by atoms with van der Waals surface area (Å²) in [6, 6.07) is 0. The van der Waals surface area contributed by atoms with Crippen molar-refractivity contribution in [2.24, 2.45) is 4.99 Å². The molecular formula is C14H21N5S2. The summed E-state index contributed by atoms with van der Waals surface area (Å²) in [5.74, 6) is 0.818. The summed E-state index contributed by atoms with van der Waals surface area (Å²) in [5.41, 5.74) is 2.93. The Morgan fingerprint density at radius 2 is 2.14 bits per heavy atom. The molecule has 21 heavy (non-hydrogen) atoms. The van der Waals surface area contributed by atoms with Crippen LogP contribution in [0.3, 0.4) is 0 Å². The summed E-state index contributed by atoms with van der Waals surface area (Å²) in [5, 5.41) is 7.67. The van der Waals surface area contributed by atoms with E-state index in [2.05, 4.69) is 39.4 Å². The molecule has 0 aliphatic heterocycles. The topological polar surface area (TPSA) is 62.2 Å². The smallest absolute Gasteiger partial charge is 0.191 e. The third kappa shape index (κ3) is 4.78. The van der Waals surface area contributed by atoms with Crippen molar-refractivity contribution in [2.45, 2.75) is 40.3 Å². The summed E-state index contributed by atoms with van der Waals surface area (Å²) in [6.07, 6.45) is 2.99. The fraction of sp³-hybridized carbons (Fsp3) is 0.500. The maximum Gasteiger partial charge on any atom is 0.191 e. The lowest BCUT2D eigenvalue weighted by Gasteiger charge is -2.09. The first-order chi connectivity index (χ1) is 10.2. The lowest BCUT2D eigenvalue weighted by Crippen LogP contribution is -2.36. The van der Waals surface area contributed by atoms with Crippen molar-refractivity contribution in [1.82, 2.24) is 20.6 Å². The molecule has 0 spiro atoms. The normalized spacial score (nSPS) is 11.7. The van der Waals surface area contributed by atoms with Gasteiger partial charge in [-0.3, -0.25) is 0 Å². The van der Waals surface area contributed by atoms with Crippen LogP contribution in [0.5, 0.6) is 0 Å². The van der Waals surface area contributed by atoms with Gasteiger partial charge in [0.05, 0.1) is 24.3 Å². The number of aliphatic imine (C=N–C) groups is 1. The Morgan fingerprint density at radius 3 is 2.76 bits per heavy atom. The molecule has 0 amide bonds. The van der Waals surface area contributed by atoms with Crippen molar-refractivity contribution in [2.75, 3.05) is 6.54 Å². The van der Waals surface area contributed by atoms with Crippen molar-refractivity contribution in [1.29, 1.82) is 0 Å². The van der Waals surface area contributed by atoms with E-state index in [-0.39, 0.29) is 0 Å². The fourth-order valence-corrected chi connectivity index (χ4v) is 3.23. The van der Waals surface area contributed by atoms with Gasteiger partial charge in [-0.15, -0.1) is 22.7 Å². The molecule has 0 fully saturated rings. The van der Waals surface area contributed by atoms with Gasteiger partial charge in [-0.25, -0.2) is 15.0 Å². The first-order valence-corrected chi connectivity index (χ1v) is 8.77. The molecule has 7 heteroatoms. The van der Waals surface area contributed by atoms with Crippen LogP contribution in [0.15, 0.2) is 16.7 Å². The zero-order chi connectivity index (χ0) is 15.1. The Balaban J connectivity index is 1.93. The van der Waals surface area contributed by atoms with Gasteiger partial charge in [0.15, 0.2) is 5.96 Å². The Bertz CT molecular complexity index is 588. The zero-order valence-corrected chi connectivity index (χ0v) is 14.3. The minimum absolute atomic E-state index is 0.657. The number of hydrogen-bond donors (Lipinski definition) is 2. The number of rotatable bonds is 6. The Hall–Kier alpha value is -1.47. The SMILES string of the molecule is CCNC(=NCc1scnc1C)NCc1ncc(CC)s1. The quantitative estimate of drug-likeness (QED) is 0.634. The molecule has 114 valence electrons. The van der Waals surface area contributed by atoms with Crippen LogP contribution in [-0.2, 0) is 19.5 Å². The molecule has 0 unspecified atom stereocenters. The van der Waals surface area contributed by atoms with Gasteiger partial charge in [-0.05, 0) is 20.3 Å². The van der Waals surface area contributed by atoms with Crippen molar-refractivity contribution >= 4 is 28.6 Å². The minimum Gasteiger partial charge on any atom is -0.357 e. The van der Waals surface area contributed by atoms with Gasteiger partial charge in [0.25, 0.3) is 0 Å². The molecule has 5 nitrogen and oxygen atoms in total. The first-order valence-electron chi connectivity index (χ1n) is 7.07. The average molecular weight is 323 g/mol. The number of nitrogens with one attached hydrogen (secondary N) is 2. The molecule has 0 aliphatic rings. The van der Waals surface area contributed by atoms with E-state index in [0.717, 1.165) is 29.6 Å². The summed E-state index contributed by atoms with van der Waals surface area (Å²) in [4.78, 5) is 15.8. The van der Waals surface area contributed by atoms with Crippen LogP contribution in [0, 0.1) is 6.92 Å². The van der Waals surface area contributed by atoms with E-state index in [1.165, 1.54) is 9.75 Å². The van der Waals surface area contributed by atoms with Crippen LogP contribution < -0.4 is 10.6 Å². The highest BCUT2D eigenvalue weighted by Crippen LogP contribution is 2.14. The molecule has 0 aliphatic carbocycles. The van der Waals surface area contributed by atoms with E-state index in [9.17, 15) is 0 Å². The maximum atomic E-state index is 4.60. The molecule has 2 N–H and O–H groups in total. The van der Waals surface area contributed by atoms with Gasteiger partial charge < -0.3 is 10.6 Å².